The van der Waals surface area contributed by atoms with Crippen molar-refractivity contribution in [3.05, 3.63) is 35.9 Å². The molecule has 1 aromatic rings. The van der Waals surface area contributed by atoms with Crippen LogP contribution in [0.1, 0.15) is 19.4 Å². The topological polar surface area (TPSA) is 75.4 Å². The van der Waals surface area contributed by atoms with Gasteiger partial charge in [0.25, 0.3) is 5.91 Å². The number of benzene rings is 1. The highest BCUT2D eigenvalue weighted by molar-refractivity contribution is 5.92. The minimum Gasteiger partial charge on any atom is -0.334 e. The number of alkyl halides is 3. The molecule has 0 spiro atoms. The maximum Gasteiger partial charge on any atom is 0.471 e. The van der Waals surface area contributed by atoms with Crippen molar-refractivity contribution >= 4 is 11.8 Å². The zero-order chi connectivity index (χ0) is 17.0. The molecule has 0 aliphatic heterocycles. The molecule has 8 heteroatoms. The molecule has 5 nitrogen and oxygen atoms in total. The number of carbonyl (C=O) groups is 2. The van der Waals surface area contributed by atoms with Gasteiger partial charge in [0.05, 0.1) is 0 Å². The Labute approximate surface area is 126 Å². The van der Waals surface area contributed by atoms with Crippen LogP contribution in [0.5, 0.6) is 0 Å². The molecule has 122 valence electrons. The summed E-state index contributed by atoms with van der Waals surface area (Å²) in [6.07, 6.45) is -4.60. The molecule has 22 heavy (non-hydrogen) atoms. The number of hydrogen-bond acceptors (Lipinski definition) is 3. The van der Waals surface area contributed by atoms with Crippen LogP contribution in [0.2, 0.25) is 0 Å². The summed E-state index contributed by atoms with van der Waals surface area (Å²) in [7, 11) is 0. The Bertz CT molecular complexity index is 530. The first-order valence-corrected chi connectivity index (χ1v) is 6.54. The fourth-order valence-electron chi connectivity index (χ4n) is 1.76. The fraction of sp³-hybridized carbons (Fsp3) is 0.429. The SMILES string of the molecule is CC(C)(NC(=O)C(F)(F)F)C(=O)N(N)CCc1ccccc1. The van der Waals surface area contributed by atoms with Crippen LogP contribution < -0.4 is 11.2 Å². The zero-order valence-corrected chi connectivity index (χ0v) is 12.3. The molecule has 0 saturated heterocycles. The van der Waals surface area contributed by atoms with Gasteiger partial charge < -0.3 is 5.32 Å². The maximum absolute atomic E-state index is 12.2. The number of halogens is 3. The van der Waals surface area contributed by atoms with Gasteiger partial charge in [-0.05, 0) is 25.8 Å². The summed E-state index contributed by atoms with van der Waals surface area (Å²) in [5, 5.41) is 2.45. The Balaban J connectivity index is 2.62. The number of amides is 2. The van der Waals surface area contributed by atoms with E-state index in [9.17, 15) is 22.8 Å². The van der Waals surface area contributed by atoms with Crippen molar-refractivity contribution < 1.29 is 22.8 Å². The van der Waals surface area contributed by atoms with Crippen LogP contribution in [0.4, 0.5) is 13.2 Å². The van der Waals surface area contributed by atoms with Crippen molar-refractivity contribution in [2.24, 2.45) is 5.84 Å². The monoisotopic (exact) mass is 317 g/mol. The summed E-state index contributed by atoms with van der Waals surface area (Å²) in [6, 6.07) is 9.17. The lowest BCUT2D eigenvalue weighted by Crippen LogP contribution is -2.60. The molecule has 0 atom stereocenters. The average Bonchev–Trinajstić information content (AvgIpc) is 2.43. The minimum absolute atomic E-state index is 0.119. The van der Waals surface area contributed by atoms with E-state index in [1.807, 2.05) is 30.3 Å². The van der Waals surface area contributed by atoms with E-state index < -0.39 is 23.5 Å². The van der Waals surface area contributed by atoms with E-state index in [4.69, 9.17) is 5.84 Å². The van der Waals surface area contributed by atoms with E-state index in [-0.39, 0.29) is 6.54 Å². The van der Waals surface area contributed by atoms with E-state index in [1.54, 1.807) is 5.32 Å². The number of carbonyl (C=O) groups excluding carboxylic acids is 2. The first-order valence-electron chi connectivity index (χ1n) is 6.54. The van der Waals surface area contributed by atoms with Gasteiger partial charge in [-0.1, -0.05) is 30.3 Å². The van der Waals surface area contributed by atoms with Gasteiger partial charge in [-0.25, -0.2) is 5.84 Å². The van der Waals surface area contributed by atoms with Crippen LogP contribution in [0.25, 0.3) is 0 Å². The predicted molar refractivity (Wildman–Crippen MR) is 74.3 cm³/mol. The normalized spacial score (nSPS) is 11.9. The Morgan fingerprint density at radius 1 is 1.18 bits per heavy atom. The highest BCUT2D eigenvalue weighted by Crippen LogP contribution is 2.17. The Kier molecular flexibility index (Phi) is 5.54. The third-order valence-electron chi connectivity index (χ3n) is 2.96. The summed E-state index contributed by atoms with van der Waals surface area (Å²) in [5.74, 6) is 2.60. The van der Waals surface area contributed by atoms with Crippen LogP contribution in [0, 0.1) is 0 Å². The predicted octanol–water partition coefficient (Wildman–Crippen LogP) is 1.39. The largest absolute Gasteiger partial charge is 0.471 e. The number of nitrogens with zero attached hydrogens (tertiary/aromatic N) is 1. The van der Waals surface area contributed by atoms with Gasteiger partial charge in [-0.2, -0.15) is 13.2 Å². The first-order chi connectivity index (χ1) is 10.0. The second-order valence-electron chi connectivity index (χ2n) is 5.31. The van der Waals surface area contributed by atoms with E-state index in [1.165, 1.54) is 13.8 Å². The number of rotatable bonds is 5. The molecule has 2 amide bonds. The van der Waals surface area contributed by atoms with Gasteiger partial charge >= 0.3 is 12.1 Å². The molecular formula is C14H18F3N3O2. The van der Waals surface area contributed by atoms with Gasteiger partial charge in [-0.3, -0.25) is 14.6 Å². The van der Waals surface area contributed by atoms with Crippen LogP contribution >= 0.6 is 0 Å². The highest BCUT2D eigenvalue weighted by Gasteiger charge is 2.44. The standard InChI is InChI=1S/C14H18F3N3O2/c1-13(2,19-11(21)14(15,16)17)12(22)20(18)9-8-10-6-4-3-5-7-10/h3-7H,8-9,18H2,1-2H3,(H,19,21). The van der Waals surface area contributed by atoms with Crippen LogP contribution in [0.3, 0.4) is 0 Å². The van der Waals surface area contributed by atoms with Gasteiger partial charge in [-0.15, -0.1) is 0 Å². The van der Waals surface area contributed by atoms with Crippen molar-refractivity contribution in [2.45, 2.75) is 32.0 Å². The summed E-state index contributed by atoms with van der Waals surface area (Å²) < 4.78 is 36.7. The highest BCUT2D eigenvalue weighted by atomic mass is 19.4. The second kappa shape index (κ2) is 6.78. The van der Waals surface area contributed by atoms with Gasteiger partial charge in [0.1, 0.15) is 5.54 Å². The lowest BCUT2D eigenvalue weighted by molar-refractivity contribution is -0.176. The van der Waals surface area contributed by atoms with Gasteiger partial charge in [0.15, 0.2) is 0 Å². The smallest absolute Gasteiger partial charge is 0.334 e. The molecule has 0 saturated carbocycles. The minimum atomic E-state index is -5.05. The summed E-state index contributed by atoms with van der Waals surface area (Å²) in [6.45, 7) is 2.46. The molecule has 1 rings (SSSR count). The average molecular weight is 317 g/mol. The second-order valence-corrected chi connectivity index (χ2v) is 5.31. The molecule has 0 aliphatic rings. The maximum atomic E-state index is 12.2. The third-order valence-corrected chi connectivity index (χ3v) is 2.96. The Morgan fingerprint density at radius 3 is 2.23 bits per heavy atom. The van der Waals surface area contributed by atoms with Gasteiger partial charge in [0.2, 0.25) is 0 Å². The van der Waals surface area contributed by atoms with Crippen LogP contribution in [-0.4, -0.2) is 35.1 Å². The van der Waals surface area contributed by atoms with Crippen molar-refractivity contribution in [1.29, 1.82) is 0 Å². The molecule has 0 aromatic heterocycles. The number of hydrogen-bond donors (Lipinski definition) is 2. The first kappa shape index (κ1) is 18.0. The quantitative estimate of drug-likeness (QED) is 0.489. The van der Waals surface area contributed by atoms with Crippen molar-refractivity contribution in [2.75, 3.05) is 6.54 Å². The molecule has 0 fully saturated rings. The van der Waals surface area contributed by atoms with E-state index in [0.717, 1.165) is 10.6 Å². The summed E-state index contributed by atoms with van der Waals surface area (Å²) in [4.78, 5) is 23.0. The molecule has 0 aliphatic carbocycles. The number of hydrazine groups is 1. The molecule has 0 radical (unpaired) electrons. The van der Waals surface area contributed by atoms with E-state index in [2.05, 4.69) is 0 Å². The molecule has 1 aromatic carbocycles. The number of nitrogens with two attached hydrogens (primary N) is 1. The Morgan fingerprint density at radius 2 is 1.73 bits per heavy atom. The van der Waals surface area contributed by atoms with Crippen LogP contribution in [0.15, 0.2) is 30.3 Å². The zero-order valence-electron chi connectivity index (χ0n) is 12.3. The van der Waals surface area contributed by atoms with Crippen molar-refractivity contribution in [3.63, 3.8) is 0 Å². The van der Waals surface area contributed by atoms with Crippen LogP contribution in [-0.2, 0) is 16.0 Å². The lowest BCUT2D eigenvalue weighted by atomic mass is 10.0. The molecule has 0 heterocycles. The van der Waals surface area contributed by atoms with E-state index >= 15 is 0 Å². The van der Waals surface area contributed by atoms with Crippen molar-refractivity contribution in [3.8, 4) is 0 Å². The molecule has 0 unspecified atom stereocenters. The third kappa shape index (κ3) is 5.03. The summed E-state index contributed by atoms with van der Waals surface area (Å²) in [5.41, 5.74) is -0.819. The number of nitrogens with one attached hydrogen (secondary N) is 1. The van der Waals surface area contributed by atoms with Gasteiger partial charge in [0, 0.05) is 6.54 Å². The summed E-state index contributed by atoms with van der Waals surface area (Å²) >= 11 is 0. The molecular weight excluding hydrogens is 299 g/mol. The lowest BCUT2D eigenvalue weighted by Gasteiger charge is -2.30. The molecule has 3 N–H and O–H groups in total. The van der Waals surface area contributed by atoms with Crippen molar-refractivity contribution in [1.82, 2.24) is 10.3 Å². The fourth-order valence-corrected chi connectivity index (χ4v) is 1.76. The Hall–Kier alpha value is -2.09. The van der Waals surface area contributed by atoms with E-state index in [0.29, 0.717) is 6.42 Å². The molecule has 0 bridgehead atoms.